The molecule has 1 aromatic carbocycles. The van der Waals surface area contributed by atoms with Gasteiger partial charge in [-0.15, -0.1) is 0 Å². The molecule has 66 valence electrons. The van der Waals surface area contributed by atoms with E-state index in [-0.39, 0.29) is 16.1 Å². The molecule has 0 saturated heterocycles. The van der Waals surface area contributed by atoms with Crippen LogP contribution >= 0.6 is 11.6 Å². The SMILES string of the molecule is O=Cc1[nH]nc2ccc(Cl)c(F)c12. The molecule has 2 aromatic rings. The first kappa shape index (κ1) is 8.19. The van der Waals surface area contributed by atoms with Crippen LogP contribution in [-0.2, 0) is 0 Å². The van der Waals surface area contributed by atoms with Crippen LogP contribution in [0.3, 0.4) is 0 Å². The number of H-pyrrole nitrogens is 1. The summed E-state index contributed by atoms with van der Waals surface area (Å²) in [6.45, 7) is 0. The van der Waals surface area contributed by atoms with Crippen LogP contribution < -0.4 is 0 Å². The van der Waals surface area contributed by atoms with Gasteiger partial charge in [0.15, 0.2) is 12.1 Å². The number of aromatic nitrogens is 2. The summed E-state index contributed by atoms with van der Waals surface area (Å²) in [5.74, 6) is -0.616. The van der Waals surface area contributed by atoms with Crippen LogP contribution in [0.5, 0.6) is 0 Å². The fourth-order valence-corrected chi connectivity index (χ4v) is 1.31. The molecule has 0 aliphatic carbocycles. The Morgan fingerprint density at radius 3 is 3.00 bits per heavy atom. The Morgan fingerprint density at radius 1 is 1.54 bits per heavy atom. The lowest BCUT2D eigenvalue weighted by Crippen LogP contribution is -1.83. The van der Waals surface area contributed by atoms with E-state index in [9.17, 15) is 9.18 Å². The second-order valence-electron chi connectivity index (χ2n) is 2.51. The molecule has 1 aromatic heterocycles. The Balaban J connectivity index is 2.93. The molecule has 2 rings (SSSR count). The first-order valence-electron chi connectivity index (χ1n) is 3.51. The Kier molecular flexibility index (Phi) is 1.77. The maximum Gasteiger partial charge on any atom is 0.168 e. The molecule has 0 unspecified atom stereocenters. The lowest BCUT2D eigenvalue weighted by atomic mass is 10.2. The topological polar surface area (TPSA) is 45.8 Å². The van der Waals surface area contributed by atoms with Crippen LogP contribution in [0.1, 0.15) is 10.5 Å². The normalized spacial score (nSPS) is 10.6. The van der Waals surface area contributed by atoms with Gasteiger partial charge in [-0.2, -0.15) is 5.10 Å². The smallest absolute Gasteiger partial charge is 0.168 e. The minimum atomic E-state index is -0.616. The molecule has 13 heavy (non-hydrogen) atoms. The molecule has 0 saturated carbocycles. The van der Waals surface area contributed by atoms with Crippen LogP contribution in [0, 0.1) is 5.82 Å². The van der Waals surface area contributed by atoms with E-state index in [1.165, 1.54) is 6.07 Å². The lowest BCUT2D eigenvalue weighted by molar-refractivity contribution is 0.112. The molecule has 3 nitrogen and oxygen atoms in total. The van der Waals surface area contributed by atoms with Crippen molar-refractivity contribution in [1.29, 1.82) is 0 Å². The van der Waals surface area contributed by atoms with Crippen molar-refractivity contribution in [2.75, 3.05) is 0 Å². The summed E-state index contributed by atoms with van der Waals surface area (Å²) < 4.78 is 13.3. The Labute approximate surface area is 77.5 Å². The van der Waals surface area contributed by atoms with E-state index in [0.717, 1.165) is 0 Å². The van der Waals surface area contributed by atoms with Crippen LogP contribution in [0.15, 0.2) is 12.1 Å². The maximum atomic E-state index is 13.3. The van der Waals surface area contributed by atoms with Crippen LogP contribution in [-0.4, -0.2) is 16.5 Å². The second-order valence-corrected chi connectivity index (χ2v) is 2.92. The number of nitrogens with zero attached hydrogens (tertiary/aromatic N) is 1. The standard InChI is InChI=1S/C8H4ClFN2O/c9-4-1-2-5-7(8(4)10)6(3-13)12-11-5/h1-3H,(H,11,12). The molecule has 0 spiro atoms. The molecule has 0 amide bonds. The monoisotopic (exact) mass is 198 g/mol. The molecule has 1 heterocycles. The summed E-state index contributed by atoms with van der Waals surface area (Å²) in [5, 5.41) is 6.28. The highest BCUT2D eigenvalue weighted by atomic mass is 35.5. The molecule has 0 radical (unpaired) electrons. The van der Waals surface area contributed by atoms with Gasteiger partial charge in [-0.05, 0) is 12.1 Å². The van der Waals surface area contributed by atoms with Gasteiger partial charge in [0.2, 0.25) is 0 Å². The highest BCUT2D eigenvalue weighted by molar-refractivity contribution is 6.31. The van der Waals surface area contributed by atoms with Crippen molar-refractivity contribution in [3.05, 3.63) is 28.7 Å². The van der Waals surface area contributed by atoms with Crippen molar-refractivity contribution in [2.45, 2.75) is 0 Å². The number of carbonyl (C=O) groups excluding carboxylic acids is 1. The van der Waals surface area contributed by atoms with E-state index < -0.39 is 5.82 Å². The quantitative estimate of drug-likeness (QED) is 0.714. The van der Waals surface area contributed by atoms with Crippen LogP contribution in [0.4, 0.5) is 4.39 Å². The fraction of sp³-hybridized carbons (Fsp3) is 0. The summed E-state index contributed by atoms with van der Waals surface area (Å²) in [4.78, 5) is 10.5. The largest absolute Gasteiger partial charge is 0.296 e. The predicted molar refractivity (Wildman–Crippen MR) is 46.4 cm³/mol. The average Bonchev–Trinajstić information content (AvgIpc) is 2.55. The number of fused-ring (bicyclic) bond motifs is 1. The van der Waals surface area contributed by atoms with Crippen molar-refractivity contribution in [3.63, 3.8) is 0 Å². The molecular weight excluding hydrogens is 195 g/mol. The number of aromatic amines is 1. The maximum absolute atomic E-state index is 13.3. The molecule has 0 aliphatic rings. The highest BCUT2D eigenvalue weighted by Crippen LogP contribution is 2.24. The second kappa shape index (κ2) is 2.81. The third kappa shape index (κ3) is 1.10. The van der Waals surface area contributed by atoms with E-state index >= 15 is 0 Å². The molecular formula is C8H4ClFN2O. The Hall–Kier alpha value is -1.42. The zero-order valence-corrected chi connectivity index (χ0v) is 7.10. The van der Waals surface area contributed by atoms with Crippen molar-refractivity contribution in [2.24, 2.45) is 0 Å². The zero-order chi connectivity index (χ0) is 9.42. The van der Waals surface area contributed by atoms with Crippen molar-refractivity contribution in [3.8, 4) is 0 Å². The van der Waals surface area contributed by atoms with Crippen molar-refractivity contribution in [1.82, 2.24) is 10.2 Å². The number of nitrogens with one attached hydrogen (secondary N) is 1. The Bertz CT molecular complexity index is 480. The van der Waals surface area contributed by atoms with Gasteiger partial charge in [0.05, 0.1) is 15.9 Å². The van der Waals surface area contributed by atoms with Gasteiger partial charge in [-0.3, -0.25) is 9.89 Å². The van der Waals surface area contributed by atoms with Gasteiger partial charge in [0, 0.05) is 0 Å². The zero-order valence-electron chi connectivity index (χ0n) is 6.34. The van der Waals surface area contributed by atoms with Crippen LogP contribution in [0.2, 0.25) is 5.02 Å². The van der Waals surface area contributed by atoms with Crippen molar-refractivity contribution >= 4 is 28.8 Å². The fourth-order valence-electron chi connectivity index (χ4n) is 1.15. The lowest BCUT2D eigenvalue weighted by Gasteiger charge is -1.94. The summed E-state index contributed by atoms with van der Waals surface area (Å²) in [6.07, 6.45) is 0.509. The molecule has 0 atom stereocenters. The van der Waals surface area contributed by atoms with Crippen molar-refractivity contribution < 1.29 is 9.18 Å². The average molecular weight is 199 g/mol. The van der Waals surface area contributed by atoms with Gasteiger partial charge in [-0.25, -0.2) is 4.39 Å². The van der Waals surface area contributed by atoms with Crippen LogP contribution in [0.25, 0.3) is 10.9 Å². The third-order valence-corrected chi connectivity index (χ3v) is 2.05. The van der Waals surface area contributed by atoms with Gasteiger partial charge in [0.1, 0.15) is 5.69 Å². The Morgan fingerprint density at radius 2 is 2.31 bits per heavy atom. The number of halogens is 2. The molecule has 1 N–H and O–H groups in total. The van der Waals surface area contributed by atoms with Gasteiger partial charge >= 0.3 is 0 Å². The summed E-state index contributed by atoms with van der Waals surface area (Å²) >= 11 is 5.54. The summed E-state index contributed by atoms with van der Waals surface area (Å²) in [6, 6.07) is 2.94. The van der Waals surface area contributed by atoms with E-state index in [1.807, 2.05) is 0 Å². The minimum Gasteiger partial charge on any atom is -0.296 e. The molecule has 0 bridgehead atoms. The number of benzene rings is 1. The van der Waals surface area contributed by atoms with E-state index in [0.29, 0.717) is 11.8 Å². The van der Waals surface area contributed by atoms with Gasteiger partial charge < -0.3 is 0 Å². The third-order valence-electron chi connectivity index (χ3n) is 1.76. The molecule has 0 fully saturated rings. The number of aldehydes is 1. The van der Waals surface area contributed by atoms with E-state index in [4.69, 9.17) is 11.6 Å². The van der Waals surface area contributed by atoms with E-state index in [2.05, 4.69) is 10.2 Å². The molecule has 0 aliphatic heterocycles. The number of hydrogen-bond donors (Lipinski definition) is 1. The molecule has 5 heteroatoms. The highest BCUT2D eigenvalue weighted by Gasteiger charge is 2.12. The summed E-state index contributed by atoms with van der Waals surface area (Å²) in [7, 11) is 0. The van der Waals surface area contributed by atoms with Gasteiger partial charge in [0.25, 0.3) is 0 Å². The first-order valence-corrected chi connectivity index (χ1v) is 3.89. The number of hydrogen-bond acceptors (Lipinski definition) is 2. The minimum absolute atomic E-state index is 0.0167. The van der Waals surface area contributed by atoms with E-state index in [1.54, 1.807) is 6.07 Å². The number of carbonyl (C=O) groups is 1. The van der Waals surface area contributed by atoms with Gasteiger partial charge in [-0.1, -0.05) is 11.6 Å². The number of rotatable bonds is 1. The summed E-state index contributed by atoms with van der Waals surface area (Å²) in [5.41, 5.74) is 0.499. The first-order chi connectivity index (χ1) is 6.24. The predicted octanol–water partition coefficient (Wildman–Crippen LogP) is 2.17.